The van der Waals surface area contributed by atoms with Crippen molar-refractivity contribution in [1.82, 2.24) is 9.88 Å². The predicted molar refractivity (Wildman–Crippen MR) is 96.5 cm³/mol. The molecule has 3 rings (SSSR count). The van der Waals surface area contributed by atoms with Gasteiger partial charge < -0.3 is 9.88 Å². The number of para-hydroxylation sites is 1. The van der Waals surface area contributed by atoms with Crippen molar-refractivity contribution in [2.24, 2.45) is 7.05 Å². The van der Waals surface area contributed by atoms with Crippen LogP contribution in [-0.4, -0.2) is 10.5 Å². The molecule has 0 saturated carbocycles. The van der Waals surface area contributed by atoms with Gasteiger partial charge in [0.05, 0.1) is 11.6 Å². The Bertz CT molecular complexity index is 961. The molecule has 1 heterocycles. The van der Waals surface area contributed by atoms with Crippen molar-refractivity contribution < 1.29 is 4.79 Å². The fourth-order valence-corrected chi connectivity index (χ4v) is 2.84. The summed E-state index contributed by atoms with van der Waals surface area (Å²) in [6.07, 6.45) is 1.58. The lowest BCUT2D eigenvalue weighted by Crippen LogP contribution is -2.31. The predicted octanol–water partition coefficient (Wildman–Crippen LogP) is 3.68. The van der Waals surface area contributed by atoms with Crippen LogP contribution in [0.5, 0.6) is 0 Å². The van der Waals surface area contributed by atoms with Crippen molar-refractivity contribution in [2.75, 3.05) is 0 Å². The number of benzene rings is 2. The minimum atomic E-state index is -0.385. The average molecular weight is 341 g/mol. The number of hydrogen-bond donors (Lipinski definition) is 1. The zero-order valence-electron chi connectivity index (χ0n) is 13.4. The summed E-state index contributed by atoms with van der Waals surface area (Å²) < 4.78 is 1.79. The molecule has 3 aromatic rings. The van der Waals surface area contributed by atoms with Crippen molar-refractivity contribution in [1.29, 1.82) is 0 Å². The van der Waals surface area contributed by atoms with Crippen LogP contribution in [0, 0.1) is 0 Å². The third-order valence-corrected chi connectivity index (χ3v) is 4.31. The summed E-state index contributed by atoms with van der Waals surface area (Å²) in [7, 11) is 1.82. The minimum Gasteiger partial charge on any atom is -0.350 e. The smallest absolute Gasteiger partial charge is 0.257 e. The first-order valence-corrected chi connectivity index (χ1v) is 8.00. The van der Waals surface area contributed by atoms with Crippen molar-refractivity contribution in [3.63, 3.8) is 0 Å². The highest BCUT2D eigenvalue weighted by Crippen LogP contribution is 2.17. The van der Waals surface area contributed by atoms with Crippen LogP contribution in [0.15, 0.2) is 59.5 Å². The highest BCUT2D eigenvalue weighted by atomic mass is 35.5. The van der Waals surface area contributed by atoms with E-state index in [1.807, 2.05) is 38.2 Å². The third-order valence-electron chi connectivity index (χ3n) is 4.06. The van der Waals surface area contributed by atoms with Crippen LogP contribution in [0.4, 0.5) is 0 Å². The van der Waals surface area contributed by atoms with Gasteiger partial charge in [0.2, 0.25) is 5.43 Å². The summed E-state index contributed by atoms with van der Waals surface area (Å²) >= 11 is 5.88. The van der Waals surface area contributed by atoms with Gasteiger partial charge in [0.25, 0.3) is 5.91 Å². The molecule has 0 spiro atoms. The summed E-state index contributed by atoms with van der Waals surface area (Å²) in [4.78, 5) is 25.2. The Kier molecular flexibility index (Phi) is 4.40. The topological polar surface area (TPSA) is 51.1 Å². The number of amides is 1. The molecule has 1 aromatic heterocycles. The maximum Gasteiger partial charge on any atom is 0.257 e. The Labute approximate surface area is 144 Å². The number of halogens is 1. The lowest BCUT2D eigenvalue weighted by molar-refractivity contribution is 0.0938. The summed E-state index contributed by atoms with van der Waals surface area (Å²) in [5.41, 5.74) is 1.59. The molecule has 2 aromatic carbocycles. The normalized spacial score (nSPS) is 12.1. The van der Waals surface area contributed by atoms with E-state index in [0.29, 0.717) is 10.4 Å². The first kappa shape index (κ1) is 16.3. The number of carbonyl (C=O) groups is 1. The van der Waals surface area contributed by atoms with Crippen LogP contribution >= 0.6 is 11.6 Å². The lowest BCUT2D eigenvalue weighted by Gasteiger charge is -2.15. The van der Waals surface area contributed by atoms with E-state index in [-0.39, 0.29) is 22.9 Å². The van der Waals surface area contributed by atoms with Gasteiger partial charge in [-0.1, -0.05) is 35.9 Å². The van der Waals surface area contributed by atoms with Crippen LogP contribution in [0.3, 0.4) is 0 Å². The van der Waals surface area contributed by atoms with Crippen LogP contribution in [0.2, 0.25) is 5.02 Å². The highest BCUT2D eigenvalue weighted by molar-refractivity contribution is 6.30. The molecule has 24 heavy (non-hydrogen) atoms. The molecule has 5 heteroatoms. The maximum atomic E-state index is 12.6. The molecule has 1 amide bonds. The van der Waals surface area contributed by atoms with Gasteiger partial charge in [-0.15, -0.1) is 0 Å². The van der Waals surface area contributed by atoms with Gasteiger partial charge in [-0.2, -0.15) is 0 Å². The van der Waals surface area contributed by atoms with Crippen molar-refractivity contribution in [3.8, 4) is 0 Å². The number of hydrogen-bond acceptors (Lipinski definition) is 2. The Morgan fingerprint density at radius 2 is 1.79 bits per heavy atom. The fraction of sp³-hybridized carbons (Fsp3) is 0.158. The molecule has 0 aliphatic carbocycles. The fourth-order valence-electron chi connectivity index (χ4n) is 2.71. The lowest BCUT2D eigenvalue weighted by atomic mass is 10.1. The first-order chi connectivity index (χ1) is 11.5. The third kappa shape index (κ3) is 3.05. The molecule has 0 bridgehead atoms. The van der Waals surface area contributed by atoms with Crippen molar-refractivity contribution in [3.05, 3.63) is 81.1 Å². The SMILES string of the molecule is C[C@H](NC(=O)c1cn(C)c2ccccc2c1=O)c1ccc(Cl)cc1. The monoisotopic (exact) mass is 340 g/mol. The molecule has 4 nitrogen and oxygen atoms in total. The van der Waals surface area contributed by atoms with Gasteiger partial charge in [0, 0.05) is 23.7 Å². The molecule has 0 unspecified atom stereocenters. The Balaban J connectivity index is 1.93. The van der Waals surface area contributed by atoms with E-state index in [1.54, 1.807) is 35.0 Å². The molecule has 0 radical (unpaired) electrons. The van der Waals surface area contributed by atoms with Gasteiger partial charge in [-0.3, -0.25) is 9.59 Å². The van der Waals surface area contributed by atoms with E-state index in [9.17, 15) is 9.59 Å². The summed E-state index contributed by atoms with van der Waals surface area (Å²) in [5, 5.41) is 4.04. The molecule has 1 atom stereocenters. The number of aromatic nitrogens is 1. The van der Waals surface area contributed by atoms with Gasteiger partial charge in [0.1, 0.15) is 5.56 Å². The Hall–Kier alpha value is -2.59. The number of nitrogens with zero attached hydrogens (tertiary/aromatic N) is 1. The van der Waals surface area contributed by atoms with Gasteiger partial charge in [-0.05, 0) is 36.8 Å². The van der Waals surface area contributed by atoms with Crippen molar-refractivity contribution in [2.45, 2.75) is 13.0 Å². The minimum absolute atomic E-state index is 0.136. The van der Waals surface area contributed by atoms with E-state index in [1.165, 1.54) is 0 Å². The van der Waals surface area contributed by atoms with E-state index in [0.717, 1.165) is 11.1 Å². The zero-order chi connectivity index (χ0) is 17.3. The summed E-state index contributed by atoms with van der Waals surface area (Å²) in [5.74, 6) is -0.385. The van der Waals surface area contributed by atoms with Crippen LogP contribution < -0.4 is 10.7 Å². The molecule has 0 fully saturated rings. The molecular formula is C19H17ClN2O2. The number of rotatable bonds is 3. The number of pyridine rings is 1. The average Bonchev–Trinajstić information content (AvgIpc) is 2.58. The molecule has 0 aliphatic heterocycles. The second kappa shape index (κ2) is 6.49. The van der Waals surface area contributed by atoms with E-state index >= 15 is 0 Å². The number of carbonyl (C=O) groups excluding carboxylic acids is 1. The number of aryl methyl sites for hydroxylation is 1. The quantitative estimate of drug-likeness (QED) is 0.790. The molecule has 1 N–H and O–H groups in total. The zero-order valence-corrected chi connectivity index (χ0v) is 14.2. The van der Waals surface area contributed by atoms with E-state index in [2.05, 4.69) is 5.32 Å². The Morgan fingerprint density at radius 1 is 1.12 bits per heavy atom. The standard InChI is InChI=1S/C19H17ClN2O2/c1-12(13-7-9-14(20)10-8-13)21-19(24)16-11-22(2)17-6-4-3-5-15(17)18(16)23/h3-12H,1-2H3,(H,21,24)/t12-/m0/s1. The van der Waals surface area contributed by atoms with E-state index < -0.39 is 0 Å². The van der Waals surface area contributed by atoms with Gasteiger partial charge in [0.15, 0.2) is 0 Å². The summed E-state index contributed by atoms with van der Waals surface area (Å²) in [6.45, 7) is 1.87. The highest BCUT2D eigenvalue weighted by Gasteiger charge is 2.17. The molecule has 0 saturated heterocycles. The van der Waals surface area contributed by atoms with Gasteiger partial charge in [-0.25, -0.2) is 0 Å². The number of nitrogens with one attached hydrogen (secondary N) is 1. The van der Waals surface area contributed by atoms with Crippen LogP contribution in [-0.2, 0) is 7.05 Å². The molecule has 122 valence electrons. The van der Waals surface area contributed by atoms with Crippen LogP contribution in [0.25, 0.3) is 10.9 Å². The Morgan fingerprint density at radius 3 is 2.50 bits per heavy atom. The second-order valence-electron chi connectivity index (χ2n) is 5.75. The van der Waals surface area contributed by atoms with Gasteiger partial charge >= 0.3 is 0 Å². The second-order valence-corrected chi connectivity index (χ2v) is 6.18. The van der Waals surface area contributed by atoms with Crippen molar-refractivity contribution >= 4 is 28.4 Å². The van der Waals surface area contributed by atoms with E-state index in [4.69, 9.17) is 11.6 Å². The van der Waals surface area contributed by atoms with Crippen LogP contribution in [0.1, 0.15) is 28.9 Å². The molecule has 0 aliphatic rings. The molecular weight excluding hydrogens is 324 g/mol. The maximum absolute atomic E-state index is 12.6. The first-order valence-electron chi connectivity index (χ1n) is 7.62. The largest absolute Gasteiger partial charge is 0.350 e. The number of fused-ring (bicyclic) bond motifs is 1. The summed E-state index contributed by atoms with van der Waals surface area (Å²) in [6, 6.07) is 14.3.